The number of hydrogen-bond donors (Lipinski definition) is 1. The Morgan fingerprint density at radius 2 is 2.00 bits per heavy atom. The zero-order chi connectivity index (χ0) is 14.7. The highest BCUT2D eigenvalue weighted by Gasteiger charge is 2.18. The van der Waals surface area contributed by atoms with Gasteiger partial charge in [0.25, 0.3) is 0 Å². The molecule has 8 heteroatoms. The minimum Gasteiger partial charge on any atom is -0.461 e. The van der Waals surface area contributed by atoms with Gasteiger partial charge in [-0.25, -0.2) is 9.78 Å². The van der Waals surface area contributed by atoms with Gasteiger partial charge in [0.1, 0.15) is 5.00 Å². The molecule has 1 N–H and O–H groups in total. The van der Waals surface area contributed by atoms with Crippen LogP contribution < -0.4 is 5.32 Å². The zero-order valence-corrected chi connectivity index (χ0v) is 13.3. The summed E-state index contributed by atoms with van der Waals surface area (Å²) in [7, 11) is 0. The highest BCUT2D eigenvalue weighted by Crippen LogP contribution is 2.37. The normalized spacial score (nSPS) is 10.4. The van der Waals surface area contributed by atoms with Crippen LogP contribution in [0.3, 0.4) is 0 Å². The lowest BCUT2D eigenvalue weighted by atomic mass is 10.3. The molecule has 0 aliphatic heterocycles. The fourth-order valence-electron chi connectivity index (χ4n) is 1.45. The molecular weight excluding hydrogens is 343 g/mol. The molecule has 0 amide bonds. The second kappa shape index (κ2) is 6.63. The molecule has 4 nitrogen and oxygen atoms in total. The van der Waals surface area contributed by atoms with Gasteiger partial charge >= 0.3 is 5.97 Å². The summed E-state index contributed by atoms with van der Waals surface area (Å²) >= 11 is 19.3. The van der Waals surface area contributed by atoms with E-state index in [1.54, 1.807) is 19.1 Å². The van der Waals surface area contributed by atoms with Crippen LogP contribution in [-0.2, 0) is 4.74 Å². The Bertz CT molecular complexity index is 622. The number of aromatic nitrogens is 1. The summed E-state index contributed by atoms with van der Waals surface area (Å²) in [5.41, 5.74) is 2.19. The predicted octanol–water partition coefficient (Wildman–Crippen LogP) is 5.02. The van der Waals surface area contributed by atoms with Crippen molar-refractivity contribution in [3.8, 4) is 0 Å². The molecular formula is C12H9Cl3N2O2S. The van der Waals surface area contributed by atoms with E-state index in [4.69, 9.17) is 39.5 Å². The minimum atomic E-state index is -0.502. The molecule has 0 unspecified atom stereocenters. The van der Waals surface area contributed by atoms with E-state index >= 15 is 0 Å². The van der Waals surface area contributed by atoms with E-state index in [1.165, 1.54) is 16.8 Å². The number of halogens is 3. The van der Waals surface area contributed by atoms with Crippen molar-refractivity contribution in [2.45, 2.75) is 6.92 Å². The maximum absolute atomic E-state index is 11.7. The van der Waals surface area contributed by atoms with Crippen LogP contribution in [0.5, 0.6) is 0 Å². The standard InChI is InChI=1S/C12H9Cl3N2O2S/c1-2-19-12(18)10-11(20-5-16-10)17-9-7(14)3-6(13)4-8(9)15/h3-5,17H,2H2,1H3. The fourth-order valence-corrected chi connectivity index (χ4v) is 3.04. The van der Waals surface area contributed by atoms with Crippen molar-refractivity contribution in [2.24, 2.45) is 0 Å². The van der Waals surface area contributed by atoms with Gasteiger partial charge in [-0.05, 0) is 19.1 Å². The molecule has 2 aromatic rings. The Kier molecular flexibility index (Phi) is 5.10. The summed E-state index contributed by atoms with van der Waals surface area (Å²) in [4.78, 5) is 15.7. The number of rotatable bonds is 4. The van der Waals surface area contributed by atoms with Crippen LogP contribution in [0.4, 0.5) is 10.7 Å². The summed E-state index contributed by atoms with van der Waals surface area (Å²) in [5, 5.41) is 4.63. The summed E-state index contributed by atoms with van der Waals surface area (Å²) < 4.78 is 4.92. The van der Waals surface area contributed by atoms with E-state index in [0.717, 1.165) is 0 Å². The molecule has 0 saturated carbocycles. The highest BCUT2D eigenvalue weighted by atomic mass is 35.5. The lowest BCUT2D eigenvalue weighted by Crippen LogP contribution is -2.07. The van der Waals surface area contributed by atoms with E-state index in [9.17, 15) is 4.79 Å². The number of thiazole rings is 1. The molecule has 0 spiro atoms. The van der Waals surface area contributed by atoms with Crippen LogP contribution in [0.2, 0.25) is 15.1 Å². The third-order valence-electron chi connectivity index (χ3n) is 2.28. The molecule has 1 heterocycles. The van der Waals surface area contributed by atoms with Gasteiger partial charge < -0.3 is 10.1 Å². The summed E-state index contributed by atoms with van der Waals surface area (Å²) in [6.07, 6.45) is 0. The lowest BCUT2D eigenvalue weighted by Gasteiger charge is -2.10. The van der Waals surface area contributed by atoms with Crippen LogP contribution in [-0.4, -0.2) is 17.6 Å². The Morgan fingerprint density at radius 3 is 2.60 bits per heavy atom. The van der Waals surface area contributed by atoms with E-state index in [1.807, 2.05) is 0 Å². The first-order valence-corrected chi connectivity index (χ1v) is 7.56. The first kappa shape index (κ1) is 15.4. The van der Waals surface area contributed by atoms with E-state index < -0.39 is 5.97 Å². The van der Waals surface area contributed by atoms with Crippen LogP contribution in [0.1, 0.15) is 17.4 Å². The predicted molar refractivity (Wildman–Crippen MR) is 82.8 cm³/mol. The van der Waals surface area contributed by atoms with Crippen molar-refractivity contribution < 1.29 is 9.53 Å². The maximum atomic E-state index is 11.7. The smallest absolute Gasteiger partial charge is 0.360 e. The number of hydrogen-bond acceptors (Lipinski definition) is 5. The molecule has 0 aliphatic rings. The third kappa shape index (κ3) is 3.35. The van der Waals surface area contributed by atoms with Gasteiger partial charge in [0.05, 0.1) is 27.9 Å². The Labute approximate surface area is 134 Å². The van der Waals surface area contributed by atoms with Gasteiger partial charge in [-0.1, -0.05) is 34.8 Å². The van der Waals surface area contributed by atoms with Crippen LogP contribution in [0, 0.1) is 0 Å². The van der Waals surface area contributed by atoms with Gasteiger partial charge in [-0.3, -0.25) is 0 Å². The Hall–Kier alpha value is -1.01. The first-order chi connectivity index (χ1) is 9.52. The number of anilines is 2. The molecule has 0 radical (unpaired) electrons. The summed E-state index contributed by atoms with van der Waals surface area (Å²) in [6, 6.07) is 3.12. The second-order valence-electron chi connectivity index (χ2n) is 3.62. The summed E-state index contributed by atoms with van der Waals surface area (Å²) in [6.45, 7) is 2.00. The largest absolute Gasteiger partial charge is 0.461 e. The zero-order valence-electron chi connectivity index (χ0n) is 10.2. The number of ether oxygens (including phenoxy) is 1. The van der Waals surface area contributed by atoms with Gasteiger partial charge in [0, 0.05) is 5.02 Å². The second-order valence-corrected chi connectivity index (χ2v) is 5.73. The number of nitrogens with zero attached hydrogens (tertiary/aromatic N) is 1. The molecule has 0 saturated heterocycles. The number of benzene rings is 1. The number of carbonyl (C=O) groups excluding carboxylic acids is 1. The molecule has 2 rings (SSSR count). The van der Waals surface area contributed by atoms with Crippen molar-refractivity contribution in [1.29, 1.82) is 0 Å². The number of nitrogens with one attached hydrogen (secondary N) is 1. The van der Waals surface area contributed by atoms with E-state index in [-0.39, 0.29) is 12.3 Å². The van der Waals surface area contributed by atoms with Crippen molar-refractivity contribution >= 4 is 62.8 Å². The van der Waals surface area contributed by atoms with E-state index in [2.05, 4.69) is 10.3 Å². The first-order valence-electron chi connectivity index (χ1n) is 5.55. The Balaban J connectivity index is 2.32. The molecule has 20 heavy (non-hydrogen) atoms. The fraction of sp³-hybridized carbons (Fsp3) is 0.167. The van der Waals surface area contributed by atoms with Crippen molar-refractivity contribution in [2.75, 3.05) is 11.9 Å². The Morgan fingerprint density at radius 1 is 1.35 bits per heavy atom. The van der Waals surface area contributed by atoms with Crippen LogP contribution in [0.25, 0.3) is 0 Å². The van der Waals surface area contributed by atoms with Gasteiger partial charge in [0.15, 0.2) is 5.69 Å². The highest BCUT2D eigenvalue weighted by molar-refractivity contribution is 7.14. The molecule has 0 bridgehead atoms. The molecule has 106 valence electrons. The SMILES string of the molecule is CCOC(=O)c1ncsc1Nc1c(Cl)cc(Cl)cc1Cl. The van der Waals surface area contributed by atoms with Crippen LogP contribution in [0.15, 0.2) is 17.6 Å². The number of carbonyl (C=O) groups is 1. The quantitative estimate of drug-likeness (QED) is 0.785. The average molecular weight is 352 g/mol. The van der Waals surface area contributed by atoms with Crippen LogP contribution >= 0.6 is 46.1 Å². The monoisotopic (exact) mass is 350 g/mol. The van der Waals surface area contributed by atoms with Gasteiger partial charge in [-0.15, -0.1) is 11.3 Å². The van der Waals surface area contributed by atoms with Crippen molar-refractivity contribution in [3.05, 3.63) is 38.4 Å². The maximum Gasteiger partial charge on any atom is 0.360 e. The van der Waals surface area contributed by atoms with Crippen molar-refractivity contribution in [1.82, 2.24) is 4.98 Å². The topological polar surface area (TPSA) is 51.2 Å². The van der Waals surface area contributed by atoms with Gasteiger partial charge in [0.2, 0.25) is 0 Å². The average Bonchev–Trinajstić information content (AvgIpc) is 2.82. The molecule has 1 aromatic carbocycles. The summed E-state index contributed by atoms with van der Waals surface area (Å²) in [5.74, 6) is -0.502. The molecule has 0 fully saturated rings. The molecule has 1 aromatic heterocycles. The lowest BCUT2D eigenvalue weighted by molar-refractivity contribution is 0.0521. The molecule has 0 atom stereocenters. The molecule has 0 aliphatic carbocycles. The third-order valence-corrected chi connectivity index (χ3v) is 3.84. The van der Waals surface area contributed by atoms with Gasteiger partial charge in [-0.2, -0.15) is 0 Å². The van der Waals surface area contributed by atoms with Crippen molar-refractivity contribution in [3.63, 3.8) is 0 Å². The van der Waals surface area contributed by atoms with E-state index in [0.29, 0.717) is 25.8 Å². The number of esters is 1. The minimum absolute atomic E-state index is 0.193.